The smallest absolute Gasteiger partial charge is 0.253 e. The molecule has 1 heterocycles. The number of rotatable bonds is 5. The van der Waals surface area contributed by atoms with Crippen LogP contribution in [0.15, 0.2) is 42.5 Å². The van der Waals surface area contributed by atoms with Gasteiger partial charge in [-0.3, -0.25) is 9.59 Å². The van der Waals surface area contributed by atoms with Gasteiger partial charge in [0.1, 0.15) is 11.6 Å². The third-order valence-corrected chi connectivity index (χ3v) is 5.02. The number of hydrogen-bond donors (Lipinski definition) is 1. The molecule has 0 bridgehead atoms. The second kappa shape index (κ2) is 9.06. The monoisotopic (exact) mass is 404 g/mol. The fraction of sp³-hybridized carbons (Fsp3) is 0.333. The molecule has 1 fully saturated rings. The zero-order chi connectivity index (χ0) is 20.1. The first-order valence-electron chi connectivity index (χ1n) is 9.26. The topological polar surface area (TPSA) is 58.6 Å². The quantitative estimate of drug-likeness (QED) is 0.821. The van der Waals surface area contributed by atoms with Crippen LogP contribution in [0.5, 0.6) is 5.75 Å². The summed E-state index contributed by atoms with van der Waals surface area (Å²) in [5.41, 5.74) is 0.861. The Morgan fingerprint density at radius 2 is 1.86 bits per heavy atom. The summed E-state index contributed by atoms with van der Waals surface area (Å²) in [4.78, 5) is 26.8. The van der Waals surface area contributed by atoms with Crippen molar-refractivity contribution in [1.29, 1.82) is 0 Å². The molecular weight excluding hydrogens is 383 g/mol. The van der Waals surface area contributed by atoms with Crippen molar-refractivity contribution in [2.24, 2.45) is 0 Å². The Kier molecular flexibility index (Phi) is 6.52. The molecule has 0 radical (unpaired) electrons. The number of hydrogen-bond acceptors (Lipinski definition) is 3. The van der Waals surface area contributed by atoms with Crippen molar-refractivity contribution < 1.29 is 18.7 Å². The largest absolute Gasteiger partial charge is 0.494 e. The van der Waals surface area contributed by atoms with E-state index >= 15 is 0 Å². The van der Waals surface area contributed by atoms with E-state index in [9.17, 15) is 14.0 Å². The molecule has 0 unspecified atom stereocenters. The zero-order valence-corrected chi connectivity index (χ0v) is 16.3. The van der Waals surface area contributed by atoms with Crippen molar-refractivity contribution in [2.75, 3.05) is 19.7 Å². The first-order valence-corrected chi connectivity index (χ1v) is 9.63. The lowest BCUT2D eigenvalue weighted by Crippen LogP contribution is -2.46. The number of likely N-dealkylation sites (tertiary alicyclic amines) is 1. The van der Waals surface area contributed by atoms with E-state index in [1.54, 1.807) is 29.2 Å². The lowest BCUT2D eigenvalue weighted by molar-refractivity contribution is 0.0698. The highest BCUT2D eigenvalue weighted by Crippen LogP contribution is 2.20. The van der Waals surface area contributed by atoms with Crippen molar-refractivity contribution >= 4 is 23.4 Å². The summed E-state index contributed by atoms with van der Waals surface area (Å²) in [7, 11) is 0. The minimum absolute atomic E-state index is 0.0330. The van der Waals surface area contributed by atoms with Crippen LogP contribution in [0.25, 0.3) is 0 Å². The van der Waals surface area contributed by atoms with E-state index < -0.39 is 5.82 Å². The van der Waals surface area contributed by atoms with Crippen molar-refractivity contribution in [3.05, 3.63) is 64.4 Å². The highest BCUT2D eigenvalue weighted by atomic mass is 35.5. The van der Waals surface area contributed by atoms with Crippen LogP contribution in [0.4, 0.5) is 4.39 Å². The number of amides is 2. The number of carbonyl (C=O) groups excluding carboxylic acids is 2. The van der Waals surface area contributed by atoms with Crippen molar-refractivity contribution in [2.45, 2.75) is 25.8 Å². The number of nitrogens with zero attached hydrogens (tertiary/aromatic N) is 1. The molecule has 1 aliphatic heterocycles. The molecule has 28 heavy (non-hydrogen) atoms. The van der Waals surface area contributed by atoms with Gasteiger partial charge in [-0.15, -0.1) is 0 Å². The second-order valence-electron chi connectivity index (χ2n) is 6.62. The summed E-state index contributed by atoms with van der Waals surface area (Å²) in [5, 5.41) is 3.00. The van der Waals surface area contributed by atoms with Gasteiger partial charge in [-0.05, 0) is 62.2 Å². The van der Waals surface area contributed by atoms with Crippen LogP contribution in [0.3, 0.4) is 0 Å². The summed E-state index contributed by atoms with van der Waals surface area (Å²) in [6.07, 6.45) is 1.29. The minimum atomic E-state index is -0.484. The summed E-state index contributed by atoms with van der Waals surface area (Å²) >= 11 is 5.94. The van der Waals surface area contributed by atoms with Crippen LogP contribution in [-0.2, 0) is 0 Å². The van der Waals surface area contributed by atoms with Crippen LogP contribution < -0.4 is 10.1 Å². The van der Waals surface area contributed by atoms with Gasteiger partial charge in [0, 0.05) is 24.7 Å². The van der Waals surface area contributed by atoms with Crippen LogP contribution in [0, 0.1) is 5.82 Å². The molecular formula is C21H22ClFN2O3. The predicted molar refractivity (Wildman–Crippen MR) is 105 cm³/mol. The maximum atomic E-state index is 13.1. The molecule has 5 nitrogen and oxygen atoms in total. The molecule has 2 aromatic rings. The van der Waals surface area contributed by atoms with E-state index in [4.69, 9.17) is 16.3 Å². The van der Waals surface area contributed by atoms with Gasteiger partial charge in [-0.1, -0.05) is 11.6 Å². The maximum Gasteiger partial charge on any atom is 0.253 e. The Bertz CT molecular complexity index is 849. The summed E-state index contributed by atoms with van der Waals surface area (Å²) in [6, 6.07) is 10.7. The molecule has 0 saturated carbocycles. The molecule has 0 atom stereocenters. The number of halogens is 2. The van der Waals surface area contributed by atoms with Crippen LogP contribution in [-0.4, -0.2) is 42.5 Å². The van der Waals surface area contributed by atoms with E-state index in [0.29, 0.717) is 38.1 Å². The van der Waals surface area contributed by atoms with Crippen molar-refractivity contribution in [3.63, 3.8) is 0 Å². The zero-order valence-electron chi connectivity index (χ0n) is 15.6. The average Bonchev–Trinajstić information content (AvgIpc) is 2.69. The van der Waals surface area contributed by atoms with Gasteiger partial charge >= 0.3 is 0 Å². The van der Waals surface area contributed by atoms with Gasteiger partial charge < -0.3 is 15.0 Å². The molecule has 7 heteroatoms. The molecule has 3 rings (SSSR count). The van der Waals surface area contributed by atoms with Gasteiger partial charge in [-0.2, -0.15) is 0 Å². The summed E-state index contributed by atoms with van der Waals surface area (Å²) < 4.78 is 18.5. The lowest BCUT2D eigenvalue weighted by atomic mass is 10.0. The Morgan fingerprint density at radius 3 is 2.46 bits per heavy atom. The fourth-order valence-electron chi connectivity index (χ4n) is 3.21. The number of ether oxygens (including phenoxy) is 1. The molecule has 148 valence electrons. The van der Waals surface area contributed by atoms with E-state index in [2.05, 4.69) is 5.32 Å². The van der Waals surface area contributed by atoms with Gasteiger partial charge in [0.25, 0.3) is 11.8 Å². The van der Waals surface area contributed by atoms with Crippen molar-refractivity contribution in [1.82, 2.24) is 10.2 Å². The Balaban J connectivity index is 1.53. The van der Waals surface area contributed by atoms with E-state index in [1.807, 2.05) is 6.92 Å². The predicted octanol–water partition coefficient (Wildman–Crippen LogP) is 3.91. The van der Waals surface area contributed by atoms with E-state index in [1.165, 1.54) is 12.1 Å². The average molecular weight is 405 g/mol. The molecule has 1 aliphatic rings. The van der Waals surface area contributed by atoms with Crippen LogP contribution >= 0.6 is 11.6 Å². The first kappa shape index (κ1) is 20.1. The molecule has 0 spiro atoms. The van der Waals surface area contributed by atoms with Gasteiger partial charge in [0.2, 0.25) is 0 Å². The van der Waals surface area contributed by atoms with Gasteiger partial charge in [0.05, 0.1) is 17.2 Å². The van der Waals surface area contributed by atoms with Gasteiger partial charge in [0.15, 0.2) is 0 Å². The fourth-order valence-corrected chi connectivity index (χ4v) is 3.46. The molecule has 1 saturated heterocycles. The lowest BCUT2D eigenvalue weighted by Gasteiger charge is -2.32. The minimum Gasteiger partial charge on any atom is -0.494 e. The number of carbonyl (C=O) groups is 2. The van der Waals surface area contributed by atoms with Crippen LogP contribution in [0.1, 0.15) is 40.5 Å². The van der Waals surface area contributed by atoms with Crippen molar-refractivity contribution in [3.8, 4) is 5.75 Å². The number of benzene rings is 2. The third kappa shape index (κ3) is 4.81. The third-order valence-electron chi connectivity index (χ3n) is 4.71. The SMILES string of the molecule is CCOc1ccc(C(=O)N2CCC(NC(=O)c3ccc(F)cc3Cl)CC2)cc1. The Labute approximate surface area is 168 Å². The molecule has 2 amide bonds. The molecule has 0 aliphatic carbocycles. The normalized spacial score (nSPS) is 14.6. The highest BCUT2D eigenvalue weighted by molar-refractivity contribution is 6.33. The Morgan fingerprint density at radius 1 is 1.18 bits per heavy atom. The van der Waals surface area contributed by atoms with E-state index in [0.717, 1.165) is 11.8 Å². The first-order chi connectivity index (χ1) is 13.5. The maximum absolute atomic E-state index is 13.1. The molecule has 2 aromatic carbocycles. The van der Waals surface area contributed by atoms with Gasteiger partial charge in [-0.25, -0.2) is 4.39 Å². The Hall–Kier alpha value is -2.60. The standard InChI is InChI=1S/C21H22ClFN2O3/c1-2-28-17-6-3-14(4-7-17)21(27)25-11-9-16(10-12-25)24-20(26)18-8-5-15(23)13-19(18)22/h3-8,13,16H,2,9-12H2,1H3,(H,24,26). The number of piperidine rings is 1. The second-order valence-corrected chi connectivity index (χ2v) is 7.03. The van der Waals surface area contributed by atoms with Crippen LogP contribution in [0.2, 0.25) is 5.02 Å². The molecule has 0 aromatic heterocycles. The van der Waals surface area contributed by atoms with E-state index in [-0.39, 0.29) is 28.4 Å². The summed E-state index contributed by atoms with van der Waals surface area (Å²) in [5.74, 6) is -0.113. The number of nitrogens with one attached hydrogen (secondary N) is 1. The highest BCUT2D eigenvalue weighted by Gasteiger charge is 2.25. The summed E-state index contributed by atoms with van der Waals surface area (Å²) in [6.45, 7) is 3.59. The molecule has 1 N–H and O–H groups in total.